The average molecular weight is 291 g/mol. The molecule has 1 aliphatic rings. The molecule has 0 radical (unpaired) electrons. The van der Waals surface area contributed by atoms with Gasteiger partial charge in [-0.05, 0) is 19.3 Å². The van der Waals surface area contributed by atoms with Crippen LogP contribution in [0, 0.1) is 0 Å². The number of aromatic nitrogens is 4. The molecule has 7 heteroatoms. The lowest BCUT2D eigenvalue weighted by Gasteiger charge is -2.34. The van der Waals surface area contributed by atoms with Crippen molar-refractivity contribution in [3.8, 4) is 0 Å². The summed E-state index contributed by atoms with van der Waals surface area (Å²) in [5.74, 6) is 0.181. The molecule has 0 bridgehead atoms. The van der Waals surface area contributed by atoms with Gasteiger partial charge in [-0.3, -0.25) is 9.48 Å². The standard InChI is InChI=1S/C13H17N5OS/c19-12(4-8-17-9-5-15-16-17)18-7-2-1-3-11(18)13-14-6-10-20-13/h5-6,9-11H,1-4,7-8H2/t11-/m1/s1. The molecule has 0 spiro atoms. The molecule has 1 saturated heterocycles. The van der Waals surface area contributed by atoms with Crippen LogP contribution in [0.4, 0.5) is 0 Å². The molecule has 3 rings (SSSR count). The molecule has 1 atom stereocenters. The lowest BCUT2D eigenvalue weighted by atomic mass is 10.0. The van der Waals surface area contributed by atoms with E-state index >= 15 is 0 Å². The summed E-state index contributed by atoms with van der Waals surface area (Å²) in [4.78, 5) is 18.8. The number of nitrogens with zero attached hydrogens (tertiary/aromatic N) is 5. The first-order valence-electron chi connectivity index (χ1n) is 6.87. The van der Waals surface area contributed by atoms with E-state index in [1.807, 2.05) is 16.5 Å². The Morgan fingerprint density at radius 1 is 1.40 bits per heavy atom. The van der Waals surface area contributed by atoms with Gasteiger partial charge in [0.05, 0.1) is 18.8 Å². The molecule has 6 nitrogen and oxygen atoms in total. The molecule has 3 heterocycles. The van der Waals surface area contributed by atoms with Gasteiger partial charge in [-0.25, -0.2) is 4.98 Å². The molecular weight excluding hydrogens is 274 g/mol. The Hall–Kier alpha value is -1.76. The molecule has 1 aliphatic heterocycles. The summed E-state index contributed by atoms with van der Waals surface area (Å²) >= 11 is 1.63. The Morgan fingerprint density at radius 2 is 2.35 bits per heavy atom. The van der Waals surface area contributed by atoms with Crippen molar-refractivity contribution in [2.75, 3.05) is 6.54 Å². The highest BCUT2D eigenvalue weighted by Gasteiger charge is 2.29. The first-order valence-corrected chi connectivity index (χ1v) is 7.75. The minimum atomic E-state index is 0.159. The summed E-state index contributed by atoms with van der Waals surface area (Å²) in [5.41, 5.74) is 0. The smallest absolute Gasteiger partial charge is 0.225 e. The van der Waals surface area contributed by atoms with E-state index in [4.69, 9.17) is 0 Å². The lowest BCUT2D eigenvalue weighted by molar-refractivity contribution is -0.135. The van der Waals surface area contributed by atoms with Gasteiger partial charge in [0, 0.05) is 30.7 Å². The fraction of sp³-hybridized carbons (Fsp3) is 0.538. The molecule has 1 amide bonds. The van der Waals surface area contributed by atoms with Crippen LogP contribution < -0.4 is 0 Å². The summed E-state index contributed by atoms with van der Waals surface area (Å²) in [6, 6.07) is 0.159. The van der Waals surface area contributed by atoms with Crippen LogP contribution in [-0.2, 0) is 11.3 Å². The molecule has 0 aromatic carbocycles. The number of piperidine rings is 1. The van der Waals surface area contributed by atoms with Crippen molar-refractivity contribution in [1.82, 2.24) is 24.9 Å². The highest BCUT2D eigenvalue weighted by Crippen LogP contribution is 2.32. The molecule has 106 valence electrons. The van der Waals surface area contributed by atoms with Crippen molar-refractivity contribution in [3.05, 3.63) is 29.0 Å². The van der Waals surface area contributed by atoms with Crippen molar-refractivity contribution < 1.29 is 4.79 Å². The van der Waals surface area contributed by atoms with E-state index in [-0.39, 0.29) is 11.9 Å². The van der Waals surface area contributed by atoms with Crippen LogP contribution in [0.3, 0.4) is 0 Å². The highest BCUT2D eigenvalue weighted by molar-refractivity contribution is 7.09. The highest BCUT2D eigenvalue weighted by atomic mass is 32.1. The van der Waals surface area contributed by atoms with Crippen LogP contribution in [0.15, 0.2) is 24.0 Å². The van der Waals surface area contributed by atoms with E-state index in [0.29, 0.717) is 13.0 Å². The summed E-state index contributed by atoms with van der Waals surface area (Å²) in [5, 5.41) is 10.7. The Balaban J connectivity index is 1.65. The quantitative estimate of drug-likeness (QED) is 0.862. The number of aryl methyl sites for hydroxylation is 1. The second-order valence-electron chi connectivity index (χ2n) is 4.89. The first kappa shape index (κ1) is 13.2. The van der Waals surface area contributed by atoms with E-state index in [0.717, 1.165) is 30.8 Å². The van der Waals surface area contributed by atoms with Gasteiger partial charge in [0.15, 0.2) is 0 Å². The molecule has 2 aromatic rings. The second-order valence-corrected chi connectivity index (χ2v) is 5.81. The number of amides is 1. The topological polar surface area (TPSA) is 63.9 Å². The van der Waals surface area contributed by atoms with E-state index in [9.17, 15) is 4.79 Å². The predicted octanol–water partition coefficient (Wildman–Crippen LogP) is 1.88. The van der Waals surface area contributed by atoms with Crippen LogP contribution in [0.25, 0.3) is 0 Å². The van der Waals surface area contributed by atoms with Crippen molar-refractivity contribution in [3.63, 3.8) is 0 Å². The lowest BCUT2D eigenvalue weighted by Crippen LogP contribution is -2.38. The number of hydrogen-bond donors (Lipinski definition) is 0. The van der Waals surface area contributed by atoms with Gasteiger partial charge in [0.1, 0.15) is 5.01 Å². The number of carbonyl (C=O) groups is 1. The SMILES string of the molecule is O=C(CCn1ccnn1)N1CCCC[C@@H]1c1nccs1. The van der Waals surface area contributed by atoms with Crippen LogP contribution in [0.5, 0.6) is 0 Å². The van der Waals surface area contributed by atoms with Gasteiger partial charge in [0.25, 0.3) is 0 Å². The molecule has 1 fully saturated rings. The van der Waals surface area contributed by atoms with Gasteiger partial charge in [-0.1, -0.05) is 5.21 Å². The third-order valence-electron chi connectivity index (χ3n) is 3.59. The number of hydrogen-bond acceptors (Lipinski definition) is 5. The van der Waals surface area contributed by atoms with Crippen LogP contribution >= 0.6 is 11.3 Å². The van der Waals surface area contributed by atoms with Crippen molar-refractivity contribution in [1.29, 1.82) is 0 Å². The van der Waals surface area contributed by atoms with Gasteiger partial charge < -0.3 is 4.90 Å². The van der Waals surface area contributed by atoms with E-state index in [1.54, 1.807) is 28.4 Å². The maximum Gasteiger partial charge on any atom is 0.225 e. The summed E-state index contributed by atoms with van der Waals surface area (Å²) in [6.07, 6.45) is 8.94. The van der Waals surface area contributed by atoms with Crippen LogP contribution in [0.2, 0.25) is 0 Å². The molecule has 20 heavy (non-hydrogen) atoms. The van der Waals surface area contributed by atoms with Crippen LogP contribution in [-0.4, -0.2) is 37.3 Å². The Bertz CT molecular complexity index is 539. The Labute approximate surface area is 121 Å². The number of thiazole rings is 1. The van der Waals surface area contributed by atoms with Gasteiger partial charge in [-0.15, -0.1) is 16.4 Å². The zero-order valence-corrected chi connectivity index (χ0v) is 12.0. The minimum Gasteiger partial charge on any atom is -0.333 e. The van der Waals surface area contributed by atoms with Crippen molar-refractivity contribution in [2.24, 2.45) is 0 Å². The Kier molecular flexibility index (Phi) is 4.05. The predicted molar refractivity (Wildman–Crippen MR) is 75.1 cm³/mol. The normalized spacial score (nSPS) is 19.2. The number of rotatable bonds is 4. The maximum atomic E-state index is 12.4. The third kappa shape index (κ3) is 2.87. The van der Waals surface area contributed by atoms with Gasteiger partial charge >= 0.3 is 0 Å². The minimum absolute atomic E-state index is 0.159. The monoisotopic (exact) mass is 291 g/mol. The zero-order chi connectivity index (χ0) is 13.8. The number of likely N-dealkylation sites (tertiary alicyclic amines) is 1. The molecular formula is C13H17N5OS. The zero-order valence-electron chi connectivity index (χ0n) is 11.2. The van der Waals surface area contributed by atoms with E-state index < -0.39 is 0 Å². The fourth-order valence-corrected chi connectivity index (χ4v) is 3.38. The Morgan fingerprint density at radius 3 is 3.10 bits per heavy atom. The summed E-state index contributed by atoms with van der Waals surface area (Å²) in [7, 11) is 0. The first-order chi connectivity index (χ1) is 9.84. The number of carbonyl (C=O) groups excluding carboxylic acids is 1. The molecule has 0 aliphatic carbocycles. The van der Waals surface area contributed by atoms with Gasteiger partial charge in [0.2, 0.25) is 5.91 Å². The average Bonchev–Trinajstić information content (AvgIpc) is 3.18. The fourth-order valence-electron chi connectivity index (χ4n) is 2.59. The van der Waals surface area contributed by atoms with E-state index in [1.165, 1.54) is 0 Å². The summed E-state index contributed by atoms with van der Waals surface area (Å²) < 4.78 is 1.69. The molecule has 0 unspecified atom stereocenters. The van der Waals surface area contributed by atoms with Crippen molar-refractivity contribution >= 4 is 17.2 Å². The van der Waals surface area contributed by atoms with E-state index in [2.05, 4.69) is 15.3 Å². The van der Waals surface area contributed by atoms with Crippen molar-refractivity contribution in [2.45, 2.75) is 38.3 Å². The van der Waals surface area contributed by atoms with Crippen LogP contribution in [0.1, 0.15) is 36.7 Å². The van der Waals surface area contributed by atoms with Gasteiger partial charge in [-0.2, -0.15) is 0 Å². The second kappa shape index (κ2) is 6.13. The summed E-state index contributed by atoms with van der Waals surface area (Å²) in [6.45, 7) is 1.42. The molecule has 0 N–H and O–H groups in total. The third-order valence-corrected chi connectivity index (χ3v) is 4.46. The largest absolute Gasteiger partial charge is 0.333 e. The molecule has 2 aromatic heterocycles. The molecule has 0 saturated carbocycles. The maximum absolute atomic E-state index is 12.4.